The third kappa shape index (κ3) is 4.86. The highest BCUT2D eigenvalue weighted by Crippen LogP contribution is 2.23. The van der Waals surface area contributed by atoms with Gasteiger partial charge in [0.05, 0.1) is 0 Å². The van der Waals surface area contributed by atoms with E-state index in [0.29, 0.717) is 5.92 Å². The van der Waals surface area contributed by atoms with Gasteiger partial charge in [0.25, 0.3) is 0 Å². The van der Waals surface area contributed by atoms with E-state index in [1.54, 1.807) is 0 Å². The van der Waals surface area contributed by atoms with Gasteiger partial charge in [-0.1, -0.05) is 36.8 Å². The summed E-state index contributed by atoms with van der Waals surface area (Å²) in [4.78, 5) is 0. The Hall–Kier alpha value is -1.04. The number of hydrogen-bond donors (Lipinski definition) is 0. The molecule has 0 heterocycles. The van der Waals surface area contributed by atoms with Gasteiger partial charge in [0.1, 0.15) is 0 Å². The van der Waals surface area contributed by atoms with Crippen LogP contribution in [0.5, 0.6) is 0 Å². The predicted molar refractivity (Wildman–Crippen MR) is 66.3 cm³/mol. The van der Waals surface area contributed by atoms with Gasteiger partial charge in [-0.2, -0.15) is 0 Å². The Morgan fingerprint density at radius 1 is 1.14 bits per heavy atom. The first-order valence-electron chi connectivity index (χ1n) is 5.31. The quantitative estimate of drug-likeness (QED) is 0.488. The third-order valence-corrected chi connectivity index (χ3v) is 2.40. The van der Waals surface area contributed by atoms with Crippen molar-refractivity contribution in [2.24, 2.45) is 5.92 Å². The number of rotatable bonds is 8. The predicted octanol–water partition coefficient (Wildman–Crippen LogP) is 4.67. The molecule has 0 aromatic rings. The largest absolute Gasteiger partial charge is 0.103 e. The van der Waals surface area contributed by atoms with Crippen molar-refractivity contribution in [1.82, 2.24) is 0 Å². The van der Waals surface area contributed by atoms with Crippen molar-refractivity contribution < 1.29 is 0 Å². The van der Waals surface area contributed by atoms with E-state index in [2.05, 4.69) is 32.7 Å². The van der Waals surface area contributed by atoms with E-state index < -0.39 is 0 Å². The molecule has 0 nitrogen and oxygen atoms in total. The molecule has 0 aliphatic carbocycles. The summed E-state index contributed by atoms with van der Waals surface area (Å²) in [5.41, 5.74) is 1.47. The first kappa shape index (κ1) is 13.0. The second kappa shape index (κ2) is 8.55. The molecular weight excluding hydrogens is 168 g/mol. The van der Waals surface area contributed by atoms with Crippen LogP contribution in [0.3, 0.4) is 0 Å². The molecule has 0 spiro atoms. The molecular formula is C14H22. The molecule has 1 unspecified atom stereocenters. The summed E-state index contributed by atoms with van der Waals surface area (Å²) < 4.78 is 0. The molecule has 0 saturated heterocycles. The van der Waals surface area contributed by atoms with Gasteiger partial charge in [0.2, 0.25) is 0 Å². The van der Waals surface area contributed by atoms with Crippen molar-refractivity contribution >= 4 is 0 Å². The van der Waals surface area contributed by atoms with E-state index in [-0.39, 0.29) is 0 Å². The van der Waals surface area contributed by atoms with Gasteiger partial charge in [-0.15, -0.1) is 19.7 Å². The molecule has 0 aromatic heterocycles. The molecule has 0 rings (SSSR count). The van der Waals surface area contributed by atoms with Crippen molar-refractivity contribution in [3.8, 4) is 0 Å². The fraction of sp³-hybridized carbons (Fsp3) is 0.429. The molecule has 0 aliphatic heterocycles. The Balaban J connectivity index is 4.47. The average Bonchev–Trinajstić information content (AvgIpc) is 2.21. The zero-order valence-corrected chi connectivity index (χ0v) is 9.34. The molecule has 0 heteroatoms. The van der Waals surface area contributed by atoms with Gasteiger partial charge in [0.15, 0.2) is 0 Å². The summed E-state index contributed by atoms with van der Waals surface area (Å²) >= 11 is 0. The molecule has 78 valence electrons. The molecule has 14 heavy (non-hydrogen) atoms. The van der Waals surface area contributed by atoms with E-state index in [1.807, 2.05) is 18.2 Å². The van der Waals surface area contributed by atoms with Crippen LogP contribution in [0.4, 0.5) is 0 Å². The van der Waals surface area contributed by atoms with E-state index in [9.17, 15) is 0 Å². The monoisotopic (exact) mass is 190 g/mol. The number of hydrogen-bond acceptors (Lipinski definition) is 0. The Kier molecular flexibility index (Phi) is 7.92. The zero-order valence-electron chi connectivity index (χ0n) is 9.34. The molecule has 0 aromatic carbocycles. The minimum Gasteiger partial charge on any atom is -0.103 e. The second-order valence-electron chi connectivity index (χ2n) is 3.43. The lowest BCUT2D eigenvalue weighted by Gasteiger charge is -2.16. The second-order valence-corrected chi connectivity index (χ2v) is 3.43. The zero-order chi connectivity index (χ0) is 10.8. The van der Waals surface area contributed by atoms with E-state index in [0.717, 1.165) is 19.3 Å². The Morgan fingerprint density at radius 2 is 1.86 bits per heavy atom. The van der Waals surface area contributed by atoms with Crippen molar-refractivity contribution in [2.45, 2.75) is 32.6 Å². The SMILES string of the molecule is C=CCC=C(CC=C)C(CC)CC=C. The fourth-order valence-electron chi connectivity index (χ4n) is 1.60. The first-order chi connectivity index (χ1) is 6.79. The molecule has 1 atom stereocenters. The maximum Gasteiger partial charge on any atom is -0.0139 e. The normalized spacial score (nSPS) is 13.4. The lowest BCUT2D eigenvalue weighted by molar-refractivity contribution is 0.588. The smallest absolute Gasteiger partial charge is 0.0139 e. The highest BCUT2D eigenvalue weighted by Gasteiger charge is 2.08. The summed E-state index contributed by atoms with van der Waals surface area (Å²) in [5, 5.41) is 0. The molecule has 0 N–H and O–H groups in total. The van der Waals surface area contributed by atoms with Crippen LogP contribution in [0.2, 0.25) is 0 Å². The van der Waals surface area contributed by atoms with Crippen LogP contribution in [0, 0.1) is 5.92 Å². The first-order valence-corrected chi connectivity index (χ1v) is 5.31. The molecule has 0 saturated carbocycles. The van der Waals surface area contributed by atoms with E-state index in [4.69, 9.17) is 0 Å². The highest BCUT2D eigenvalue weighted by molar-refractivity contribution is 5.12. The van der Waals surface area contributed by atoms with Crippen LogP contribution in [-0.4, -0.2) is 0 Å². The lowest BCUT2D eigenvalue weighted by atomic mass is 9.90. The maximum atomic E-state index is 3.80. The van der Waals surface area contributed by atoms with Crippen LogP contribution in [-0.2, 0) is 0 Å². The van der Waals surface area contributed by atoms with Crippen molar-refractivity contribution in [1.29, 1.82) is 0 Å². The Bertz CT molecular complexity index is 208. The van der Waals surface area contributed by atoms with Gasteiger partial charge < -0.3 is 0 Å². The summed E-state index contributed by atoms with van der Waals surface area (Å²) in [6, 6.07) is 0. The minimum atomic E-state index is 0.630. The van der Waals surface area contributed by atoms with Gasteiger partial charge in [-0.25, -0.2) is 0 Å². The van der Waals surface area contributed by atoms with Crippen LogP contribution < -0.4 is 0 Å². The van der Waals surface area contributed by atoms with Crippen LogP contribution >= 0.6 is 0 Å². The van der Waals surface area contributed by atoms with Crippen molar-refractivity contribution in [3.05, 3.63) is 49.6 Å². The Labute approximate surface area is 88.7 Å². The maximum absolute atomic E-state index is 3.80. The summed E-state index contributed by atoms with van der Waals surface area (Å²) in [6.07, 6.45) is 12.4. The van der Waals surface area contributed by atoms with Gasteiger partial charge in [-0.3, -0.25) is 0 Å². The van der Waals surface area contributed by atoms with E-state index >= 15 is 0 Å². The highest BCUT2D eigenvalue weighted by atomic mass is 14.1. The standard InChI is InChI=1S/C14H22/c1-5-9-12-14(11-7-3)13(8-4)10-6-2/h5-7,12-13H,1-3,8-11H2,4H3. The third-order valence-electron chi connectivity index (χ3n) is 2.40. The van der Waals surface area contributed by atoms with Crippen molar-refractivity contribution in [3.63, 3.8) is 0 Å². The lowest BCUT2D eigenvalue weighted by Crippen LogP contribution is -2.01. The molecule has 0 bridgehead atoms. The summed E-state index contributed by atoms with van der Waals surface area (Å²) in [7, 11) is 0. The van der Waals surface area contributed by atoms with Crippen LogP contribution in [0.15, 0.2) is 49.6 Å². The average molecular weight is 190 g/mol. The van der Waals surface area contributed by atoms with Gasteiger partial charge in [0, 0.05) is 0 Å². The summed E-state index contributed by atoms with van der Waals surface area (Å²) in [5.74, 6) is 0.630. The number of allylic oxidation sites excluding steroid dienone is 5. The van der Waals surface area contributed by atoms with E-state index in [1.165, 1.54) is 12.0 Å². The minimum absolute atomic E-state index is 0.630. The summed E-state index contributed by atoms with van der Waals surface area (Å²) in [6.45, 7) is 13.5. The van der Waals surface area contributed by atoms with Crippen LogP contribution in [0.25, 0.3) is 0 Å². The van der Waals surface area contributed by atoms with Crippen molar-refractivity contribution in [2.75, 3.05) is 0 Å². The Morgan fingerprint density at radius 3 is 2.29 bits per heavy atom. The van der Waals surface area contributed by atoms with Gasteiger partial charge in [-0.05, 0) is 31.6 Å². The topological polar surface area (TPSA) is 0 Å². The molecule has 0 radical (unpaired) electrons. The molecule has 0 amide bonds. The molecule has 0 fully saturated rings. The fourth-order valence-corrected chi connectivity index (χ4v) is 1.60. The van der Waals surface area contributed by atoms with Crippen LogP contribution in [0.1, 0.15) is 32.6 Å². The van der Waals surface area contributed by atoms with Gasteiger partial charge >= 0.3 is 0 Å². The molecule has 0 aliphatic rings.